The van der Waals surface area contributed by atoms with Crippen LogP contribution in [-0.4, -0.2) is 29.6 Å². The van der Waals surface area contributed by atoms with Gasteiger partial charge >= 0.3 is 0 Å². The van der Waals surface area contributed by atoms with Crippen LogP contribution in [0.1, 0.15) is 25.3 Å². The molecule has 0 aromatic heterocycles. The number of hydrogen-bond acceptors (Lipinski definition) is 5. The highest BCUT2D eigenvalue weighted by atomic mass is 15.6. The lowest BCUT2D eigenvalue weighted by Gasteiger charge is -2.63. The highest BCUT2D eigenvalue weighted by Gasteiger charge is 2.78. The number of nitrogens with zero attached hydrogens (tertiary/aromatic N) is 3. The van der Waals surface area contributed by atoms with E-state index in [-0.39, 0.29) is 23.2 Å². The summed E-state index contributed by atoms with van der Waals surface area (Å²) < 4.78 is 0. The maximum absolute atomic E-state index is 4.89. The number of benzene rings is 1. The molecule has 1 aromatic carbocycles. The Labute approximate surface area is 163 Å². The Kier molecular flexibility index (Phi) is 2.05. The van der Waals surface area contributed by atoms with Crippen LogP contribution in [0.5, 0.6) is 0 Å². The zero-order valence-electron chi connectivity index (χ0n) is 15.7. The van der Waals surface area contributed by atoms with Gasteiger partial charge in [-0.15, -0.1) is 0 Å². The van der Waals surface area contributed by atoms with Crippen LogP contribution >= 0.6 is 0 Å². The Balaban J connectivity index is 1.51. The first kappa shape index (κ1) is 14.1. The summed E-state index contributed by atoms with van der Waals surface area (Å²) >= 11 is 0. The molecule has 4 atom stereocenters. The molecule has 2 aliphatic carbocycles. The van der Waals surface area contributed by atoms with E-state index in [1.54, 1.807) is 11.1 Å². The Morgan fingerprint density at radius 2 is 2.11 bits per heavy atom. The van der Waals surface area contributed by atoms with Crippen molar-refractivity contribution in [3.63, 3.8) is 0 Å². The zero-order valence-corrected chi connectivity index (χ0v) is 15.7. The van der Waals surface area contributed by atoms with Crippen molar-refractivity contribution >= 4 is 11.5 Å². The summed E-state index contributed by atoms with van der Waals surface area (Å²) in [5.74, 6) is 2.33. The number of fused-ring (bicyclic) bond motifs is 8. The average molecular weight is 367 g/mol. The van der Waals surface area contributed by atoms with E-state index < -0.39 is 0 Å². The van der Waals surface area contributed by atoms with Gasteiger partial charge in [-0.3, -0.25) is 0 Å². The molecule has 28 heavy (non-hydrogen) atoms. The van der Waals surface area contributed by atoms with E-state index in [9.17, 15) is 0 Å². The van der Waals surface area contributed by atoms with Gasteiger partial charge < -0.3 is 20.4 Å². The summed E-state index contributed by atoms with van der Waals surface area (Å²) in [6.45, 7) is 3.46. The third-order valence-corrected chi connectivity index (χ3v) is 8.34. The van der Waals surface area contributed by atoms with Crippen molar-refractivity contribution in [2.45, 2.75) is 37.5 Å². The second kappa shape index (κ2) is 4.07. The van der Waals surface area contributed by atoms with E-state index in [2.05, 4.69) is 63.8 Å². The normalized spacial score (nSPS) is 39.5. The quantitative estimate of drug-likeness (QED) is 0.692. The highest BCUT2D eigenvalue weighted by Crippen LogP contribution is 2.80. The van der Waals surface area contributed by atoms with Gasteiger partial charge in [0.05, 0.1) is 0 Å². The van der Waals surface area contributed by atoms with Gasteiger partial charge in [-0.25, -0.2) is 4.99 Å². The summed E-state index contributed by atoms with van der Waals surface area (Å²) in [5.41, 5.74) is 8.00. The number of nitrogens with one attached hydrogen (secondary N) is 2. The predicted octanol–water partition coefficient (Wildman–Crippen LogP) is 2.68. The number of allylic oxidation sites excluding steroid dienone is 3. The first-order chi connectivity index (χ1) is 13.7. The van der Waals surface area contributed by atoms with E-state index >= 15 is 0 Å². The molecule has 1 aromatic rings. The van der Waals surface area contributed by atoms with Gasteiger partial charge in [0, 0.05) is 35.5 Å². The molecule has 5 heteroatoms. The minimum Gasteiger partial charge on any atom is -0.368 e. The molecule has 6 heterocycles. The number of para-hydroxylation sites is 1. The highest BCUT2D eigenvalue weighted by molar-refractivity contribution is 6.07. The van der Waals surface area contributed by atoms with Crippen molar-refractivity contribution in [2.75, 3.05) is 11.4 Å². The van der Waals surface area contributed by atoms with Gasteiger partial charge in [-0.1, -0.05) is 42.3 Å². The van der Waals surface area contributed by atoms with Crippen LogP contribution in [0, 0.1) is 5.41 Å². The van der Waals surface area contributed by atoms with Gasteiger partial charge in [-0.2, -0.15) is 0 Å². The van der Waals surface area contributed by atoms with E-state index in [0.29, 0.717) is 0 Å². The van der Waals surface area contributed by atoms with E-state index in [1.165, 1.54) is 29.1 Å². The number of aliphatic imine (C=N–C) groups is 1. The van der Waals surface area contributed by atoms with E-state index in [4.69, 9.17) is 4.99 Å². The van der Waals surface area contributed by atoms with Crippen molar-refractivity contribution < 1.29 is 0 Å². The summed E-state index contributed by atoms with van der Waals surface area (Å²) in [6, 6.07) is 9.05. The maximum atomic E-state index is 4.89. The first-order valence-corrected chi connectivity index (χ1v) is 10.3. The third kappa shape index (κ3) is 1.19. The Morgan fingerprint density at radius 3 is 3.00 bits per heavy atom. The molecule has 138 valence electrons. The molecule has 2 N–H and O–H groups in total. The van der Waals surface area contributed by atoms with Gasteiger partial charge in [-0.05, 0) is 36.1 Å². The number of anilines is 1. The van der Waals surface area contributed by atoms with Crippen molar-refractivity contribution in [3.05, 3.63) is 76.9 Å². The van der Waals surface area contributed by atoms with E-state index in [1.807, 2.05) is 12.4 Å². The average Bonchev–Trinajstić information content (AvgIpc) is 3.41. The lowest BCUT2D eigenvalue weighted by atomic mass is 9.48. The Morgan fingerprint density at radius 1 is 1.18 bits per heavy atom. The third-order valence-electron chi connectivity index (χ3n) is 8.34. The predicted molar refractivity (Wildman–Crippen MR) is 108 cm³/mol. The summed E-state index contributed by atoms with van der Waals surface area (Å²) in [4.78, 5) is 10.0. The lowest BCUT2D eigenvalue weighted by Crippen LogP contribution is -2.68. The molecule has 5 nitrogen and oxygen atoms in total. The van der Waals surface area contributed by atoms with E-state index in [0.717, 1.165) is 18.8 Å². The summed E-state index contributed by atoms with van der Waals surface area (Å²) in [5, 5.41) is 7.30. The second-order valence-corrected chi connectivity index (χ2v) is 9.18. The fourth-order valence-electron chi connectivity index (χ4n) is 7.19. The minimum absolute atomic E-state index is 0.0671. The minimum atomic E-state index is 0.0671. The van der Waals surface area contributed by atoms with Crippen molar-refractivity contribution in [3.8, 4) is 0 Å². The molecule has 9 rings (SSSR count). The van der Waals surface area contributed by atoms with Crippen molar-refractivity contribution in [1.82, 2.24) is 15.5 Å². The monoisotopic (exact) mass is 367 g/mol. The van der Waals surface area contributed by atoms with Crippen LogP contribution in [0.25, 0.3) is 0 Å². The lowest BCUT2D eigenvalue weighted by molar-refractivity contribution is 0.0443. The van der Waals surface area contributed by atoms with Gasteiger partial charge in [0.2, 0.25) is 0 Å². The molecule has 6 aliphatic heterocycles. The number of hydrogen-bond donors (Lipinski definition) is 2. The maximum Gasteiger partial charge on any atom is 0.162 e. The van der Waals surface area contributed by atoms with Crippen LogP contribution in [0.4, 0.5) is 5.69 Å². The largest absolute Gasteiger partial charge is 0.368 e. The summed E-state index contributed by atoms with van der Waals surface area (Å²) in [6.07, 6.45) is 11.2. The molecular weight excluding hydrogens is 346 g/mol. The van der Waals surface area contributed by atoms with Crippen molar-refractivity contribution in [1.29, 1.82) is 0 Å². The Bertz CT molecular complexity index is 1150. The SMILES string of the molecule is CC12C3=C(C3)C13CC1=CC=C(NC1)N1C4NC=CN=C4N(c4ccccc42)C13. The molecule has 2 saturated heterocycles. The molecule has 4 unspecified atom stereocenters. The smallest absolute Gasteiger partial charge is 0.162 e. The number of amidine groups is 1. The standard InChI is InChI=1S/C23H21N5/c1-22-14-4-2-3-5-17(14)27-19-20(25-9-8-24-19)28-18-7-6-13(12-26-18)11-23(22,21(27)28)16-10-15(16)22/h2-9,20-21,25-26H,10-12H2,1H3. The molecular formula is C23H21N5. The fourth-order valence-corrected chi connectivity index (χ4v) is 7.19. The molecule has 1 spiro atoms. The van der Waals surface area contributed by atoms with Crippen LogP contribution < -0.4 is 15.5 Å². The molecule has 2 bridgehead atoms. The molecule has 0 saturated carbocycles. The molecule has 8 aliphatic rings. The van der Waals surface area contributed by atoms with Crippen LogP contribution in [0.3, 0.4) is 0 Å². The molecule has 0 radical (unpaired) electrons. The Hall–Kier alpha value is -2.95. The zero-order chi connectivity index (χ0) is 18.3. The van der Waals surface area contributed by atoms with Gasteiger partial charge in [0.15, 0.2) is 12.0 Å². The van der Waals surface area contributed by atoms with Crippen LogP contribution in [0.2, 0.25) is 0 Å². The topological polar surface area (TPSA) is 42.9 Å². The van der Waals surface area contributed by atoms with Crippen molar-refractivity contribution in [2.24, 2.45) is 10.4 Å². The molecule has 0 amide bonds. The summed E-state index contributed by atoms with van der Waals surface area (Å²) in [7, 11) is 0. The number of dihydropyridines is 1. The van der Waals surface area contributed by atoms with Gasteiger partial charge in [0.25, 0.3) is 0 Å². The fraction of sp³-hybridized carbons (Fsp3) is 0.348. The molecule has 2 fully saturated rings. The van der Waals surface area contributed by atoms with Gasteiger partial charge in [0.1, 0.15) is 12.0 Å². The number of rotatable bonds is 0. The first-order valence-electron chi connectivity index (χ1n) is 10.3. The van der Waals surface area contributed by atoms with Crippen LogP contribution in [0.15, 0.2) is 76.4 Å². The second-order valence-electron chi connectivity index (χ2n) is 9.18. The van der Waals surface area contributed by atoms with Crippen LogP contribution in [-0.2, 0) is 5.41 Å².